The van der Waals surface area contributed by atoms with Crippen LogP contribution >= 0.6 is 24.8 Å². The maximum absolute atomic E-state index is 3.16. The van der Waals surface area contributed by atoms with Gasteiger partial charge in [-0.3, -0.25) is 36.5 Å². The van der Waals surface area contributed by atoms with Gasteiger partial charge in [-0.1, -0.05) is 18.2 Å². The molecule has 6 aliphatic rings. The molecule has 0 N–H and O–H groups in total. The molecule has 0 saturated heterocycles. The summed E-state index contributed by atoms with van der Waals surface area (Å²) in [6, 6.07) is 8.39. The second-order valence-corrected chi connectivity index (χ2v) is 7.24. The third-order valence-corrected chi connectivity index (χ3v) is 4.53. The third kappa shape index (κ3) is 21.6. The fourth-order valence-corrected chi connectivity index (χ4v) is 2.81. The molecule has 0 amide bonds. The third-order valence-electron chi connectivity index (χ3n) is 4.53. The molecule has 37 heavy (non-hydrogen) atoms. The van der Waals surface area contributed by atoms with Gasteiger partial charge in [0.15, 0.2) is 0 Å². The largest absolute Gasteiger partial charge is 0.273 e. The van der Waals surface area contributed by atoms with Gasteiger partial charge in [-0.05, 0) is 0 Å². The van der Waals surface area contributed by atoms with Crippen molar-refractivity contribution in [2.75, 3.05) is 0 Å². The van der Waals surface area contributed by atoms with Gasteiger partial charge >= 0.3 is 0 Å². The topological polar surface area (TPSA) is 0 Å². The Balaban J connectivity index is 0. The standard InChI is InChI=1S/C9H7.5C5H5.2ClH.Zr/c1-2-5-9-7-3-6-8(9)4-1;5*1-2-4-5-3-1;;;/h1-2,4-6H,7H2;5*1-3H,4H2;2*1H;/q6*-1;;;. The van der Waals surface area contributed by atoms with Gasteiger partial charge in [0, 0.05) is 26.2 Å². The molecule has 0 spiro atoms. The smallest absolute Gasteiger partial charge is 0 e. The number of fused-ring (bicyclic) bond motifs is 1. The van der Waals surface area contributed by atoms with Crippen LogP contribution in [0.3, 0.4) is 0 Å². The van der Waals surface area contributed by atoms with Crippen molar-refractivity contribution in [3.05, 3.63) is 163 Å². The molecule has 1 aromatic rings. The van der Waals surface area contributed by atoms with Crippen LogP contribution < -0.4 is 0 Å². The Bertz CT molecular complexity index is 834. The second kappa shape index (κ2) is 28.4. The van der Waals surface area contributed by atoms with E-state index in [0.717, 1.165) is 38.5 Å². The summed E-state index contributed by atoms with van der Waals surface area (Å²) in [5.41, 5.74) is 2.73. The minimum atomic E-state index is 0. The van der Waals surface area contributed by atoms with E-state index < -0.39 is 0 Å². The summed E-state index contributed by atoms with van der Waals surface area (Å²) in [6.07, 6.45) is 56.2. The van der Waals surface area contributed by atoms with Crippen molar-refractivity contribution in [1.29, 1.82) is 0 Å². The first kappa shape index (κ1) is 37.0. The number of allylic oxidation sites excluding steroid dienone is 21. The molecule has 7 rings (SSSR count). The number of halogens is 2. The molecule has 1 aromatic carbocycles. The Hall–Kier alpha value is -2.18. The van der Waals surface area contributed by atoms with Crippen LogP contribution in [0, 0.1) is 36.5 Å². The molecule has 0 fully saturated rings. The first-order chi connectivity index (χ1) is 17.0. The van der Waals surface area contributed by atoms with Gasteiger partial charge in [-0.2, -0.15) is 35.9 Å². The maximum atomic E-state index is 3.16. The summed E-state index contributed by atoms with van der Waals surface area (Å²) >= 11 is 0. The van der Waals surface area contributed by atoms with Crippen LogP contribution in [0.5, 0.6) is 0 Å². The van der Waals surface area contributed by atoms with Crippen molar-refractivity contribution in [1.82, 2.24) is 0 Å². The number of hydrogen-bond acceptors (Lipinski definition) is 0. The molecule has 0 bridgehead atoms. The molecule has 0 radical (unpaired) electrons. The molecule has 0 heterocycles. The molecular weight excluding hydrogens is 571 g/mol. The zero-order valence-corrected chi connectivity index (χ0v) is 25.2. The van der Waals surface area contributed by atoms with Crippen LogP contribution in [-0.2, 0) is 32.6 Å². The molecule has 194 valence electrons. The second-order valence-electron chi connectivity index (χ2n) is 7.24. The van der Waals surface area contributed by atoms with E-state index in [1.165, 1.54) is 11.1 Å². The van der Waals surface area contributed by atoms with Gasteiger partial charge < -0.3 is 0 Å². The molecule has 0 aromatic heterocycles. The van der Waals surface area contributed by atoms with Crippen LogP contribution in [0.1, 0.15) is 43.2 Å². The predicted octanol–water partition coefficient (Wildman–Crippen LogP) is 9.43. The minimum absolute atomic E-state index is 0. The number of rotatable bonds is 0. The summed E-state index contributed by atoms with van der Waals surface area (Å²) in [4.78, 5) is 0. The maximum Gasteiger partial charge on any atom is 0 e. The summed E-state index contributed by atoms with van der Waals surface area (Å²) < 4.78 is 0. The van der Waals surface area contributed by atoms with Gasteiger partial charge in [0.05, 0.1) is 0 Å². The van der Waals surface area contributed by atoms with E-state index in [2.05, 4.69) is 97.2 Å². The van der Waals surface area contributed by atoms with E-state index in [9.17, 15) is 0 Å². The molecule has 0 saturated carbocycles. The fourth-order valence-electron chi connectivity index (χ4n) is 2.81. The Labute approximate surface area is 257 Å². The molecule has 3 heteroatoms. The summed E-state index contributed by atoms with van der Waals surface area (Å²) in [7, 11) is 0. The van der Waals surface area contributed by atoms with Gasteiger partial charge in [-0.25, -0.2) is 66.8 Å². The zero-order chi connectivity index (χ0) is 23.8. The average molecular weight is 605 g/mol. The van der Waals surface area contributed by atoms with Crippen molar-refractivity contribution in [3.8, 4) is 0 Å². The Morgan fingerprint density at radius 3 is 1.05 bits per heavy atom. The van der Waals surface area contributed by atoms with Crippen molar-refractivity contribution in [3.63, 3.8) is 0 Å². The van der Waals surface area contributed by atoms with Gasteiger partial charge in [0.2, 0.25) is 0 Å². The molecule has 0 aliphatic heterocycles. The van der Waals surface area contributed by atoms with Crippen molar-refractivity contribution < 1.29 is 26.2 Å². The van der Waals surface area contributed by atoms with Crippen LogP contribution in [0.25, 0.3) is 6.08 Å². The normalized spacial score (nSPS) is 15.2. The summed E-state index contributed by atoms with van der Waals surface area (Å²) in [5, 5.41) is 0. The molecule has 0 nitrogen and oxygen atoms in total. The summed E-state index contributed by atoms with van der Waals surface area (Å²) in [5.74, 6) is 0. The van der Waals surface area contributed by atoms with Crippen LogP contribution in [0.2, 0.25) is 0 Å². The first-order valence-electron chi connectivity index (χ1n) is 11.7. The van der Waals surface area contributed by atoms with Crippen LogP contribution in [-0.4, -0.2) is 0 Å². The zero-order valence-electron chi connectivity index (χ0n) is 21.1. The SMILES string of the molecule is Cl.Cl.[C-]1=CC=CC1.[C-]1=CC=CC1.[C-]1=CC=CC1.[C-]1=CC=CC1.[C-]1=CC=CC1.[C-]1=Cc2ccccc2C1.[Zr]. The van der Waals surface area contributed by atoms with Crippen molar-refractivity contribution >= 4 is 30.9 Å². The fraction of sp³-hybridized carbons (Fsp3) is 0.176. The van der Waals surface area contributed by atoms with Gasteiger partial charge in [0.25, 0.3) is 0 Å². The number of benzene rings is 1. The predicted molar refractivity (Wildman–Crippen MR) is 160 cm³/mol. The van der Waals surface area contributed by atoms with Crippen molar-refractivity contribution in [2.45, 2.75) is 38.5 Å². The van der Waals surface area contributed by atoms with E-state index in [0.29, 0.717) is 0 Å². The van der Waals surface area contributed by atoms with E-state index >= 15 is 0 Å². The summed E-state index contributed by atoms with van der Waals surface area (Å²) in [6.45, 7) is 0. The van der Waals surface area contributed by atoms with E-state index in [4.69, 9.17) is 0 Å². The average Bonchev–Trinajstić information content (AvgIpc) is 3.81. The molecular formula is C34H34Cl2Zr-6. The molecule has 6 aliphatic carbocycles. The monoisotopic (exact) mass is 602 g/mol. The van der Waals surface area contributed by atoms with Crippen LogP contribution in [0.15, 0.2) is 115 Å². The van der Waals surface area contributed by atoms with Crippen LogP contribution in [0.4, 0.5) is 0 Å². The minimum Gasteiger partial charge on any atom is -0.273 e. The van der Waals surface area contributed by atoms with Gasteiger partial charge in [-0.15, -0.1) is 75.0 Å². The first-order valence-corrected chi connectivity index (χ1v) is 11.7. The van der Waals surface area contributed by atoms with E-state index in [-0.39, 0.29) is 51.0 Å². The number of hydrogen-bond donors (Lipinski definition) is 0. The van der Waals surface area contributed by atoms with E-state index in [1.54, 1.807) is 0 Å². The van der Waals surface area contributed by atoms with Crippen molar-refractivity contribution in [2.24, 2.45) is 0 Å². The quantitative estimate of drug-likeness (QED) is 0.259. The Kier molecular flexibility index (Phi) is 28.4. The van der Waals surface area contributed by atoms with E-state index in [1.807, 2.05) is 60.8 Å². The Morgan fingerprint density at radius 1 is 0.459 bits per heavy atom. The Morgan fingerprint density at radius 2 is 0.811 bits per heavy atom. The molecule has 0 atom stereocenters. The molecule has 0 unspecified atom stereocenters. The van der Waals surface area contributed by atoms with Gasteiger partial charge in [0.1, 0.15) is 0 Å².